The molecule has 0 amide bonds. The summed E-state index contributed by atoms with van der Waals surface area (Å²) in [5.74, 6) is -0.701. The Bertz CT molecular complexity index is 1090. The van der Waals surface area contributed by atoms with Gasteiger partial charge in [-0.25, -0.2) is 14.5 Å². The van der Waals surface area contributed by atoms with Crippen LogP contribution < -0.4 is 11.1 Å². The molecule has 0 atom stereocenters. The van der Waals surface area contributed by atoms with Crippen LogP contribution in [-0.2, 0) is 17.9 Å². The van der Waals surface area contributed by atoms with Crippen LogP contribution in [0.15, 0.2) is 46.1 Å². The number of aromatic nitrogens is 4. The summed E-state index contributed by atoms with van der Waals surface area (Å²) in [5.41, 5.74) is 0.0851. The lowest BCUT2D eigenvalue weighted by Crippen LogP contribution is -2.25. The van der Waals surface area contributed by atoms with Gasteiger partial charge in [0, 0.05) is 24.9 Å². The summed E-state index contributed by atoms with van der Waals surface area (Å²) >= 11 is 5.86. The summed E-state index contributed by atoms with van der Waals surface area (Å²) in [6, 6.07) is 7.05. The number of nitrogens with zero attached hydrogens (tertiary/aromatic N) is 4. The minimum atomic E-state index is -0.701. The second-order valence-electron chi connectivity index (χ2n) is 5.52. The molecule has 0 fully saturated rings. The molecule has 0 aliphatic rings. The van der Waals surface area contributed by atoms with E-state index in [9.17, 15) is 14.4 Å². The molecule has 0 N–H and O–H groups in total. The van der Waals surface area contributed by atoms with Crippen molar-refractivity contribution in [1.29, 1.82) is 0 Å². The highest BCUT2D eigenvalue weighted by atomic mass is 35.5. The minimum absolute atomic E-state index is 0.0161. The van der Waals surface area contributed by atoms with Crippen molar-refractivity contribution in [3.05, 3.63) is 73.6 Å². The van der Waals surface area contributed by atoms with Crippen LogP contribution in [-0.4, -0.2) is 25.1 Å². The van der Waals surface area contributed by atoms with Crippen molar-refractivity contribution in [3.8, 4) is 0 Å². The molecule has 0 unspecified atom stereocenters. The van der Waals surface area contributed by atoms with E-state index >= 15 is 0 Å². The van der Waals surface area contributed by atoms with Gasteiger partial charge in [-0.3, -0.25) is 14.0 Å². The number of esters is 1. The molecular weight excluding hydrogens is 360 g/mol. The maximum atomic E-state index is 12.2. The van der Waals surface area contributed by atoms with Gasteiger partial charge < -0.3 is 4.74 Å². The Labute approximate surface area is 152 Å². The molecule has 0 spiro atoms. The Balaban J connectivity index is 1.78. The van der Waals surface area contributed by atoms with E-state index in [1.54, 1.807) is 12.1 Å². The molecule has 3 aromatic heterocycles. The summed E-state index contributed by atoms with van der Waals surface area (Å²) in [4.78, 5) is 40.1. The zero-order valence-electron chi connectivity index (χ0n) is 13.9. The third kappa shape index (κ3) is 3.80. The summed E-state index contributed by atoms with van der Waals surface area (Å²) in [7, 11) is 0. The van der Waals surface area contributed by atoms with Crippen molar-refractivity contribution < 1.29 is 9.53 Å². The normalized spacial score (nSPS) is 10.8. The van der Waals surface area contributed by atoms with Crippen molar-refractivity contribution in [2.24, 2.45) is 0 Å². The van der Waals surface area contributed by atoms with Crippen LogP contribution in [0.1, 0.15) is 29.5 Å². The number of carbonyl (C=O) groups is 1. The lowest BCUT2D eigenvalue weighted by molar-refractivity contribution is 0.0457. The van der Waals surface area contributed by atoms with E-state index in [0.717, 1.165) is 0 Å². The molecule has 8 nitrogen and oxygen atoms in total. The highest BCUT2D eigenvalue weighted by Crippen LogP contribution is 2.09. The molecule has 3 rings (SSSR count). The SMILES string of the molecule is CCCn1nc(C(=O)OCc2cc(=O)n3cc(Cl)ccc3n2)ccc1=O. The van der Waals surface area contributed by atoms with Gasteiger partial charge in [-0.05, 0) is 24.6 Å². The maximum absolute atomic E-state index is 12.2. The van der Waals surface area contributed by atoms with E-state index < -0.39 is 5.97 Å². The zero-order valence-corrected chi connectivity index (χ0v) is 14.6. The molecule has 0 bridgehead atoms. The van der Waals surface area contributed by atoms with E-state index in [0.29, 0.717) is 29.3 Å². The van der Waals surface area contributed by atoms with Crippen LogP contribution in [0.5, 0.6) is 0 Å². The van der Waals surface area contributed by atoms with E-state index in [1.165, 1.54) is 33.5 Å². The fourth-order valence-electron chi connectivity index (χ4n) is 2.34. The zero-order chi connectivity index (χ0) is 18.7. The molecule has 0 aromatic carbocycles. The Morgan fingerprint density at radius 1 is 1.19 bits per heavy atom. The summed E-state index contributed by atoms with van der Waals surface area (Å²) in [6.07, 6.45) is 2.17. The minimum Gasteiger partial charge on any atom is -0.454 e. The lowest BCUT2D eigenvalue weighted by atomic mass is 10.3. The summed E-state index contributed by atoms with van der Waals surface area (Å²) < 4.78 is 7.67. The van der Waals surface area contributed by atoms with E-state index in [1.807, 2.05) is 6.92 Å². The number of pyridine rings is 1. The number of rotatable bonds is 5. The average molecular weight is 375 g/mol. The second kappa shape index (κ2) is 7.49. The second-order valence-corrected chi connectivity index (χ2v) is 5.95. The molecule has 3 heterocycles. The molecular formula is C17H15ClN4O4. The van der Waals surface area contributed by atoms with Gasteiger partial charge in [0.1, 0.15) is 12.3 Å². The Hall–Kier alpha value is -3.00. The summed E-state index contributed by atoms with van der Waals surface area (Å²) in [6.45, 7) is 2.11. The van der Waals surface area contributed by atoms with Crippen molar-refractivity contribution in [1.82, 2.24) is 19.2 Å². The topological polar surface area (TPSA) is 95.6 Å². The van der Waals surface area contributed by atoms with Gasteiger partial charge >= 0.3 is 5.97 Å². The molecule has 0 radical (unpaired) electrons. The highest BCUT2D eigenvalue weighted by molar-refractivity contribution is 6.30. The van der Waals surface area contributed by atoms with Crippen LogP contribution in [0, 0.1) is 0 Å². The van der Waals surface area contributed by atoms with Crippen LogP contribution in [0.4, 0.5) is 0 Å². The molecule has 3 aromatic rings. The number of ether oxygens (including phenoxy) is 1. The van der Waals surface area contributed by atoms with Gasteiger partial charge in [0.05, 0.1) is 10.7 Å². The fourth-order valence-corrected chi connectivity index (χ4v) is 2.50. The predicted molar refractivity (Wildman–Crippen MR) is 94.4 cm³/mol. The quantitative estimate of drug-likeness (QED) is 0.630. The van der Waals surface area contributed by atoms with Crippen molar-refractivity contribution in [2.75, 3.05) is 0 Å². The fraction of sp³-hybridized carbons (Fsp3) is 0.235. The smallest absolute Gasteiger partial charge is 0.359 e. The standard InChI is InChI=1S/C17H15ClN4O4/c1-2-7-22-15(23)6-4-13(20-22)17(25)26-10-12-8-16(24)21-9-11(18)3-5-14(21)19-12/h3-6,8-9H,2,7,10H2,1H3. The molecule has 0 saturated carbocycles. The van der Waals surface area contributed by atoms with Crippen LogP contribution in [0.2, 0.25) is 5.02 Å². The number of hydrogen-bond acceptors (Lipinski definition) is 6. The monoisotopic (exact) mass is 374 g/mol. The van der Waals surface area contributed by atoms with Crippen molar-refractivity contribution in [3.63, 3.8) is 0 Å². The molecule has 9 heteroatoms. The third-order valence-corrected chi connectivity index (χ3v) is 3.76. The van der Waals surface area contributed by atoms with Crippen LogP contribution >= 0.6 is 11.6 Å². The van der Waals surface area contributed by atoms with E-state index in [-0.39, 0.29) is 23.4 Å². The molecule has 0 saturated heterocycles. The number of carbonyl (C=O) groups excluding carboxylic acids is 1. The van der Waals surface area contributed by atoms with Gasteiger partial charge in [0.15, 0.2) is 5.69 Å². The van der Waals surface area contributed by atoms with Crippen molar-refractivity contribution >= 4 is 23.2 Å². The molecule has 26 heavy (non-hydrogen) atoms. The average Bonchev–Trinajstić information content (AvgIpc) is 2.62. The first-order valence-corrected chi connectivity index (χ1v) is 8.29. The number of fused-ring (bicyclic) bond motifs is 1. The first-order chi connectivity index (χ1) is 12.5. The Kier molecular flexibility index (Phi) is 5.13. The largest absolute Gasteiger partial charge is 0.454 e. The van der Waals surface area contributed by atoms with Gasteiger partial charge in [0.25, 0.3) is 11.1 Å². The molecule has 134 valence electrons. The predicted octanol–water partition coefficient (Wildman–Crippen LogP) is 1.67. The highest BCUT2D eigenvalue weighted by Gasteiger charge is 2.12. The molecule has 0 aliphatic heterocycles. The number of hydrogen-bond donors (Lipinski definition) is 0. The van der Waals surface area contributed by atoms with Gasteiger partial charge in [-0.2, -0.15) is 5.10 Å². The van der Waals surface area contributed by atoms with Crippen LogP contribution in [0.3, 0.4) is 0 Å². The van der Waals surface area contributed by atoms with Crippen LogP contribution in [0.25, 0.3) is 5.65 Å². The van der Waals surface area contributed by atoms with Gasteiger partial charge in [-0.15, -0.1) is 0 Å². The first-order valence-electron chi connectivity index (χ1n) is 7.91. The van der Waals surface area contributed by atoms with Gasteiger partial charge in [-0.1, -0.05) is 18.5 Å². The van der Waals surface area contributed by atoms with E-state index in [4.69, 9.17) is 16.3 Å². The van der Waals surface area contributed by atoms with Crippen molar-refractivity contribution in [2.45, 2.75) is 26.5 Å². The number of aryl methyl sites for hydroxylation is 1. The lowest BCUT2D eigenvalue weighted by Gasteiger charge is -2.07. The Morgan fingerprint density at radius 2 is 2.00 bits per heavy atom. The first kappa shape index (κ1) is 17.8. The molecule has 0 aliphatic carbocycles. The Morgan fingerprint density at radius 3 is 2.77 bits per heavy atom. The van der Waals surface area contributed by atoms with Gasteiger partial charge in [0.2, 0.25) is 0 Å². The van der Waals surface area contributed by atoms with E-state index in [2.05, 4.69) is 10.1 Å². The number of halogens is 1. The maximum Gasteiger partial charge on any atom is 0.359 e. The summed E-state index contributed by atoms with van der Waals surface area (Å²) in [5, 5.41) is 4.39. The third-order valence-electron chi connectivity index (χ3n) is 3.54.